The van der Waals surface area contributed by atoms with Crippen molar-refractivity contribution in [2.24, 2.45) is 13.0 Å². The van der Waals surface area contributed by atoms with Gasteiger partial charge in [0.15, 0.2) is 0 Å². The van der Waals surface area contributed by atoms with Crippen LogP contribution in [0.4, 0.5) is 0 Å². The highest BCUT2D eigenvalue weighted by Gasteiger charge is 2.27. The molecule has 4 nitrogen and oxygen atoms in total. The molecule has 1 saturated heterocycles. The Morgan fingerprint density at radius 1 is 1.58 bits per heavy atom. The third-order valence-corrected chi connectivity index (χ3v) is 2.60. The van der Waals surface area contributed by atoms with Crippen molar-refractivity contribution >= 4 is 0 Å². The van der Waals surface area contributed by atoms with Crippen LogP contribution in [0.25, 0.3) is 0 Å². The van der Waals surface area contributed by atoms with Crippen LogP contribution in [0.2, 0.25) is 0 Å². The highest BCUT2D eigenvalue weighted by atomic mass is 15.3. The number of rotatable bonds is 1. The minimum atomic E-state index is 0.539. The summed E-state index contributed by atoms with van der Waals surface area (Å²) in [5, 5.41) is 7.43. The fraction of sp³-hybridized carbons (Fsp3) is 0.750. The van der Waals surface area contributed by atoms with Crippen molar-refractivity contribution in [2.75, 3.05) is 13.1 Å². The number of aryl methyl sites for hydroxylation is 1. The fourth-order valence-corrected chi connectivity index (χ4v) is 1.80. The van der Waals surface area contributed by atoms with Crippen LogP contribution < -0.4 is 5.32 Å². The normalized spacial score (nSPS) is 29.5. The van der Waals surface area contributed by atoms with Gasteiger partial charge in [-0.1, -0.05) is 6.92 Å². The predicted molar refractivity (Wildman–Crippen MR) is 45.8 cm³/mol. The maximum Gasteiger partial charge on any atom is 0.138 e. The summed E-state index contributed by atoms with van der Waals surface area (Å²) in [6.45, 7) is 4.38. The molecule has 2 atom stereocenters. The molecule has 2 rings (SSSR count). The Labute approximate surface area is 72.0 Å². The van der Waals surface area contributed by atoms with E-state index in [1.54, 1.807) is 6.33 Å². The molecule has 12 heavy (non-hydrogen) atoms. The molecular weight excluding hydrogens is 152 g/mol. The van der Waals surface area contributed by atoms with Crippen LogP contribution in [0.3, 0.4) is 0 Å². The number of nitrogens with zero attached hydrogens (tertiary/aromatic N) is 3. The van der Waals surface area contributed by atoms with E-state index >= 15 is 0 Å². The standard InChI is InChI=1S/C8H14N4/c1-6-3-9-4-7(6)8-10-5-11-12(8)2/h5-7,9H,3-4H2,1-2H3. The Balaban J connectivity index is 2.24. The predicted octanol–water partition coefficient (Wildman–Crippen LogP) is 0.138. The maximum atomic E-state index is 4.26. The zero-order valence-corrected chi connectivity index (χ0v) is 7.49. The van der Waals surface area contributed by atoms with Crippen LogP contribution in [0.5, 0.6) is 0 Å². The Morgan fingerprint density at radius 2 is 2.42 bits per heavy atom. The molecule has 0 amide bonds. The van der Waals surface area contributed by atoms with Crippen LogP contribution in [0.15, 0.2) is 6.33 Å². The Kier molecular flexibility index (Phi) is 1.84. The molecule has 1 N–H and O–H groups in total. The third kappa shape index (κ3) is 1.12. The lowest BCUT2D eigenvalue weighted by molar-refractivity contribution is 0.518. The number of aromatic nitrogens is 3. The second-order valence-electron chi connectivity index (χ2n) is 3.48. The second-order valence-corrected chi connectivity index (χ2v) is 3.48. The van der Waals surface area contributed by atoms with E-state index in [1.165, 1.54) is 0 Å². The van der Waals surface area contributed by atoms with Gasteiger partial charge in [0.2, 0.25) is 0 Å². The number of hydrogen-bond acceptors (Lipinski definition) is 3. The van der Waals surface area contributed by atoms with Gasteiger partial charge >= 0.3 is 0 Å². The first-order valence-corrected chi connectivity index (χ1v) is 4.33. The van der Waals surface area contributed by atoms with E-state index in [0.717, 1.165) is 18.9 Å². The molecule has 0 aromatic carbocycles. The topological polar surface area (TPSA) is 42.7 Å². The summed E-state index contributed by atoms with van der Waals surface area (Å²) in [5.41, 5.74) is 0. The van der Waals surface area contributed by atoms with E-state index in [0.29, 0.717) is 11.8 Å². The van der Waals surface area contributed by atoms with Gasteiger partial charge in [-0.25, -0.2) is 4.98 Å². The van der Waals surface area contributed by atoms with Crippen LogP contribution in [-0.2, 0) is 7.05 Å². The summed E-state index contributed by atoms with van der Waals surface area (Å²) in [6, 6.07) is 0. The number of nitrogens with one attached hydrogen (secondary N) is 1. The second kappa shape index (κ2) is 2.86. The molecule has 1 aromatic heterocycles. The molecule has 66 valence electrons. The minimum Gasteiger partial charge on any atom is -0.316 e. The van der Waals surface area contributed by atoms with Gasteiger partial charge < -0.3 is 5.32 Å². The average molecular weight is 166 g/mol. The smallest absolute Gasteiger partial charge is 0.138 e. The summed E-state index contributed by atoms with van der Waals surface area (Å²) < 4.78 is 1.87. The molecule has 1 aliphatic heterocycles. The summed E-state index contributed by atoms with van der Waals surface area (Å²) in [4.78, 5) is 4.26. The highest BCUT2D eigenvalue weighted by Crippen LogP contribution is 2.24. The molecule has 0 saturated carbocycles. The van der Waals surface area contributed by atoms with E-state index in [4.69, 9.17) is 0 Å². The van der Waals surface area contributed by atoms with Crippen molar-refractivity contribution in [3.8, 4) is 0 Å². The lowest BCUT2D eigenvalue weighted by Gasteiger charge is -2.11. The van der Waals surface area contributed by atoms with Crippen LogP contribution in [0.1, 0.15) is 18.7 Å². The SMILES string of the molecule is CC1CNCC1c1ncnn1C. The van der Waals surface area contributed by atoms with Gasteiger partial charge in [-0.2, -0.15) is 5.10 Å². The fourth-order valence-electron chi connectivity index (χ4n) is 1.80. The molecule has 2 heterocycles. The zero-order chi connectivity index (χ0) is 8.55. The van der Waals surface area contributed by atoms with Crippen molar-refractivity contribution in [1.82, 2.24) is 20.1 Å². The van der Waals surface area contributed by atoms with E-state index in [-0.39, 0.29) is 0 Å². The minimum absolute atomic E-state index is 0.539. The van der Waals surface area contributed by atoms with Gasteiger partial charge in [-0.3, -0.25) is 4.68 Å². The van der Waals surface area contributed by atoms with Gasteiger partial charge in [0.1, 0.15) is 12.2 Å². The first-order chi connectivity index (χ1) is 5.79. The average Bonchev–Trinajstić information content (AvgIpc) is 2.59. The highest BCUT2D eigenvalue weighted by molar-refractivity contribution is 5.02. The van der Waals surface area contributed by atoms with E-state index in [2.05, 4.69) is 22.3 Å². The quantitative estimate of drug-likeness (QED) is 0.645. The molecule has 1 aliphatic rings. The molecule has 0 bridgehead atoms. The summed E-state index contributed by atoms with van der Waals surface area (Å²) >= 11 is 0. The van der Waals surface area contributed by atoms with Crippen molar-refractivity contribution < 1.29 is 0 Å². The molecule has 2 unspecified atom stereocenters. The monoisotopic (exact) mass is 166 g/mol. The van der Waals surface area contributed by atoms with Crippen molar-refractivity contribution in [2.45, 2.75) is 12.8 Å². The molecule has 4 heteroatoms. The van der Waals surface area contributed by atoms with Crippen LogP contribution in [0, 0.1) is 5.92 Å². The van der Waals surface area contributed by atoms with Gasteiger partial charge in [-0.05, 0) is 12.5 Å². The van der Waals surface area contributed by atoms with Crippen LogP contribution in [-0.4, -0.2) is 27.9 Å². The zero-order valence-electron chi connectivity index (χ0n) is 7.49. The molecule has 1 aromatic rings. The Morgan fingerprint density at radius 3 is 2.92 bits per heavy atom. The van der Waals surface area contributed by atoms with Crippen molar-refractivity contribution in [3.05, 3.63) is 12.2 Å². The van der Waals surface area contributed by atoms with Gasteiger partial charge in [0.05, 0.1) is 0 Å². The van der Waals surface area contributed by atoms with E-state index < -0.39 is 0 Å². The van der Waals surface area contributed by atoms with E-state index in [1.807, 2.05) is 11.7 Å². The van der Waals surface area contributed by atoms with Gasteiger partial charge in [0, 0.05) is 19.5 Å². The number of hydrogen-bond donors (Lipinski definition) is 1. The first-order valence-electron chi connectivity index (χ1n) is 4.33. The molecule has 0 spiro atoms. The van der Waals surface area contributed by atoms with Crippen molar-refractivity contribution in [1.29, 1.82) is 0 Å². The van der Waals surface area contributed by atoms with Gasteiger partial charge in [-0.15, -0.1) is 0 Å². The summed E-state index contributed by atoms with van der Waals surface area (Å²) in [5.74, 6) is 2.32. The van der Waals surface area contributed by atoms with E-state index in [9.17, 15) is 0 Å². The molecule has 0 radical (unpaired) electrons. The van der Waals surface area contributed by atoms with Crippen LogP contribution >= 0.6 is 0 Å². The summed E-state index contributed by atoms with van der Waals surface area (Å²) in [7, 11) is 1.95. The largest absolute Gasteiger partial charge is 0.316 e. The lowest BCUT2D eigenvalue weighted by Crippen LogP contribution is -2.13. The molecule has 0 aliphatic carbocycles. The Hall–Kier alpha value is -0.900. The first kappa shape index (κ1) is 7.73. The summed E-state index contributed by atoms with van der Waals surface area (Å²) in [6.07, 6.45) is 1.63. The molecule has 1 fully saturated rings. The van der Waals surface area contributed by atoms with Gasteiger partial charge in [0.25, 0.3) is 0 Å². The Bertz CT molecular complexity index is 268. The lowest BCUT2D eigenvalue weighted by atomic mass is 9.97. The maximum absolute atomic E-state index is 4.26. The third-order valence-electron chi connectivity index (χ3n) is 2.60. The van der Waals surface area contributed by atoms with Crippen molar-refractivity contribution in [3.63, 3.8) is 0 Å². The molecular formula is C8H14N4.